The van der Waals surface area contributed by atoms with Crippen molar-refractivity contribution in [3.05, 3.63) is 46.2 Å². The van der Waals surface area contributed by atoms with Gasteiger partial charge in [-0.2, -0.15) is 0 Å². The number of benzene rings is 1. The van der Waals surface area contributed by atoms with Crippen LogP contribution in [0.1, 0.15) is 18.4 Å². The van der Waals surface area contributed by atoms with Crippen LogP contribution in [0.4, 0.5) is 4.39 Å². The van der Waals surface area contributed by atoms with E-state index >= 15 is 0 Å². The van der Waals surface area contributed by atoms with Gasteiger partial charge in [-0.15, -0.1) is 0 Å². The fourth-order valence-electron chi connectivity index (χ4n) is 3.28. The van der Waals surface area contributed by atoms with E-state index in [-0.39, 0.29) is 17.7 Å². The van der Waals surface area contributed by atoms with Crippen LogP contribution in [0.2, 0.25) is 0 Å². The minimum absolute atomic E-state index is 0.153. The number of carbonyl (C=O) groups is 1. The Balaban J connectivity index is 1.93. The van der Waals surface area contributed by atoms with Crippen LogP contribution in [0, 0.1) is 17.2 Å². The maximum absolute atomic E-state index is 13.6. The zero-order valence-corrected chi connectivity index (χ0v) is 12.0. The minimum Gasteiger partial charge on any atom is -0.465 e. The molecule has 0 amide bonds. The Morgan fingerprint density at radius 2 is 2.32 bits per heavy atom. The molecule has 2 fully saturated rings. The summed E-state index contributed by atoms with van der Waals surface area (Å²) in [5.41, 5.74) is 1.41. The Hall–Kier alpha value is -1.16. The van der Waals surface area contributed by atoms with Crippen molar-refractivity contribution < 1.29 is 13.9 Å². The number of fused-ring (bicyclic) bond motifs is 1. The Morgan fingerprint density at radius 3 is 3.05 bits per heavy atom. The van der Waals surface area contributed by atoms with Gasteiger partial charge in [-0.05, 0) is 52.9 Å². The molecular formula is C15H14BrFO2. The molecule has 0 bridgehead atoms. The molecule has 1 aromatic carbocycles. The second-order valence-corrected chi connectivity index (χ2v) is 6.36. The van der Waals surface area contributed by atoms with E-state index < -0.39 is 5.41 Å². The molecule has 1 heterocycles. The first kappa shape index (κ1) is 12.9. The lowest BCUT2D eigenvalue weighted by atomic mass is 9.75. The van der Waals surface area contributed by atoms with Crippen LogP contribution in [-0.4, -0.2) is 12.6 Å². The van der Waals surface area contributed by atoms with Gasteiger partial charge in [0, 0.05) is 5.92 Å². The number of rotatable bonds is 2. The number of carbonyl (C=O) groups excluding carboxylic acids is 1. The molecule has 3 rings (SSSR count). The van der Waals surface area contributed by atoms with Crippen LogP contribution in [0.5, 0.6) is 0 Å². The van der Waals surface area contributed by atoms with Crippen LogP contribution < -0.4 is 0 Å². The van der Waals surface area contributed by atoms with Crippen molar-refractivity contribution in [3.8, 4) is 0 Å². The van der Waals surface area contributed by atoms with Crippen molar-refractivity contribution in [3.63, 3.8) is 0 Å². The summed E-state index contributed by atoms with van der Waals surface area (Å²) in [5.74, 6) is -0.257. The molecule has 2 nitrogen and oxygen atoms in total. The molecule has 1 aliphatic heterocycles. The number of ether oxygens (including phenoxy) is 1. The summed E-state index contributed by atoms with van der Waals surface area (Å²) in [6, 6.07) is 5.02. The Morgan fingerprint density at radius 1 is 1.53 bits per heavy atom. The third kappa shape index (κ3) is 2.02. The first-order valence-electron chi connectivity index (χ1n) is 6.29. The molecule has 19 heavy (non-hydrogen) atoms. The summed E-state index contributed by atoms with van der Waals surface area (Å²) in [7, 11) is 0. The number of halogens is 2. The molecule has 2 unspecified atom stereocenters. The quantitative estimate of drug-likeness (QED) is 0.613. The highest BCUT2D eigenvalue weighted by Gasteiger charge is 2.55. The molecule has 0 radical (unpaired) electrons. The second kappa shape index (κ2) is 4.44. The van der Waals surface area contributed by atoms with Gasteiger partial charge in [0.1, 0.15) is 5.82 Å². The Labute approximate surface area is 119 Å². The average molecular weight is 325 g/mol. The normalized spacial score (nSPS) is 29.5. The molecule has 4 heteroatoms. The molecule has 1 saturated heterocycles. The number of hydrogen-bond donors (Lipinski definition) is 0. The number of cyclic esters (lactones) is 1. The number of allylic oxidation sites excluding steroid dienone is 1. The summed E-state index contributed by atoms with van der Waals surface area (Å²) in [6.07, 6.45) is 2.03. The van der Waals surface area contributed by atoms with E-state index in [1.165, 1.54) is 6.07 Å². The smallest absolute Gasteiger partial charge is 0.313 e. The van der Waals surface area contributed by atoms with Crippen molar-refractivity contribution in [2.45, 2.75) is 19.3 Å². The first-order chi connectivity index (χ1) is 9.01. The standard InChI is InChI=1S/C15H14BrFO2/c1-9-4-11-8-19-14(18)15(11,6-9)7-10-2-3-12(16)13(17)5-10/h2-3,5,11H,1,4,6-8H2. The lowest BCUT2D eigenvalue weighted by Crippen LogP contribution is -2.31. The topological polar surface area (TPSA) is 26.3 Å². The lowest BCUT2D eigenvalue weighted by molar-refractivity contribution is -0.146. The fourth-order valence-corrected chi connectivity index (χ4v) is 3.52. The van der Waals surface area contributed by atoms with Gasteiger partial charge in [-0.1, -0.05) is 18.2 Å². The maximum atomic E-state index is 13.6. The van der Waals surface area contributed by atoms with Gasteiger partial charge >= 0.3 is 5.97 Å². The van der Waals surface area contributed by atoms with Crippen LogP contribution in [0.15, 0.2) is 34.8 Å². The fraction of sp³-hybridized carbons (Fsp3) is 0.400. The SMILES string of the molecule is C=C1CC2COC(=O)C2(Cc2ccc(Br)c(F)c2)C1. The zero-order chi connectivity index (χ0) is 13.6. The van der Waals surface area contributed by atoms with Gasteiger partial charge in [0.2, 0.25) is 0 Å². The molecule has 0 aromatic heterocycles. The summed E-state index contributed by atoms with van der Waals surface area (Å²) >= 11 is 3.14. The van der Waals surface area contributed by atoms with E-state index in [1.807, 2.05) is 6.07 Å². The third-order valence-corrected chi connectivity index (χ3v) is 4.85. The van der Waals surface area contributed by atoms with Crippen molar-refractivity contribution in [1.82, 2.24) is 0 Å². The van der Waals surface area contributed by atoms with Crippen molar-refractivity contribution >= 4 is 21.9 Å². The molecule has 0 spiro atoms. The van der Waals surface area contributed by atoms with Crippen LogP contribution >= 0.6 is 15.9 Å². The first-order valence-corrected chi connectivity index (χ1v) is 7.08. The van der Waals surface area contributed by atoms with Crippen molar-refractivity contribution in [1.29, 1.82) is 0 Å². The molecule has 2 atom stereocenters. The highest BCUT2D eigenvalue weighted by atomic mass is 79.9. The molecule has 1 aliphatic carbocycles. The van der Waals surface area contributed by atoms with Gasteiger partial charge in [0.25, 0.3) is 0 Å². The van der Waals surface area contributed by atoms with Crippen LogP contribution in [0.3, 0.4) is 0 Å². The van der Waals surface area contributed by atoms with E-state index in [2.05, 4.69) is 22.5 Å². The average Bonchev–Trinajstić information content (AvgIpc) is 2.81. The number of esters is 1. The second-order valence-electron chi connectivity index (χ2n) is 5.51. The van der Waals surface area contributed by atoms with E-state index in [4.69, 9.17) is 4.74 Å². The Bertz CT molecular complexity index is 569. The summed E-state index contributed by atoms with van der Waals surface area (Å²) in [6.45, 7) is 4.47. The zero-order valence-electron chi connectivity index (χ0n) is 10.4. The molecule has 1 aromatic rings. The van der Waals surface area contributed by atoms with E-state index in [0.717, 1.165) is 17.6 Å². The van der Waals surface area contributed by atoms with E-state index in [9.17, 15) is 9.18 Å². The minimum atomic E-state index is -0.517. The highest BCUT2D eigenvalue weighted by Crippen LogP contribution is 2.52. The van der Waals surface area contributed by atoms with Gasteiger partial charge in [0.05, 0.1) is 16.5 Å². The lowest BCUT2D eigenvalue weighted by Gasteiger charge is -2.24. The van der Waals surface area contributed by atoms with Crippen LogP contribution in [-0.2, 0) is 16.0 Å². The Kier molecular flexibility index (Phi) is 3.01. The monoisotopic (exact) mass is 324 g/mol. The predicted molar refractivity (Wildman–Crippen MR) is 73.1 cm³/mol. The number of hydrogen-bond acceptors (Lipinski definition) is 2. The van der Waals surface area contributed by atoms with E-state index in [0.29, 0.717) is 23.9 Å². The van der Waals surface area contributed by atoms with Gasteiger partial charge < -0.3 is 4.74 Å². The summed E-state index contributed by atoms with van der Waals surface area (Å²) in [5, 5.41) is 0. The van der Waals surface area contributed by atoms with Gasteiger partial charge in [-0.25, -0.2) is 4.39 Å². The summed E-state index contributed by atoms with van der Waals surface area (Å²) in [4.78, 5) is 12.1. The molecule has 2 aliphatic rings. The largest absolute Gasteiger partial charge is 0.465 e. The maximum Gasteiger partial charge on any atom is 0.313 e. The van der Waals surface area contributed by atoms with Crippen LogP contribution in [0.25, 0.3) is 0 Å². The highest BCUT2D eigenvalue weighted by molar-refractivity contribution is 9.10. The molecule has 0 N–H and O–H groups in total. The third-order valence-electron chi connectivity index (χ3n) is 4.21. The molecule has 1 saturated carbocycles. The van der Waals surface area contributed by atoms with Gasteiger partial charge in [-0.3, -0.25) is 4.79 Å². The summed E-state index contributed by atoms with van der Waals surface area (Å²) < 4.78 is 19.2. The molecular weight excluding hydrogens is 311 g/mol. The predicted octanol–water partition coefficient (Wildman–Crippen LogP) is 3.64. The molecule has 100 valence electrons. The van der Waals surface area contributed by atoms with E-state index in [1.54, 1.807) is 6.07 Å². The van der Waals surface area contributed by atoms with Crippen molar-refractivity contribution in [2.24, 2.45) is 11.3 Å². The van der Waals surface area contributed by atoms with Crippen molar-refractivity contribution in [2.75, 3.05) is 6.61 Å². The van der Waals surface area contributed by atoms with Gasteiger partial charge in [0.15, 0.2) is 0 Å².